The molecule has 2 heterocycles. The quantitative estimate of drug-likeness (QED) is 0.788. The summed E-state index contributed by atoms with van der Waals surface area (Å²) in [6, 6.07) is 0.104. The number of thioether (sulfide) groups is 1. The van der Waals surface area contributed by atoms with E-state index < -0.39 is 10.2 Å². The van der Waals surface area contributed by atoms with E-state index in [-0.39, 0.29) is 18.6 Å². The Morgan fingerprint density at radius 1 is 1.17 bits per heavy atom. The van der Waals surface area contributed by atoms with E-state index in [9.17, 15) is 8.42 Å². The Hall–Kier alpha value is 0.180. The van der Waals surface area contributed by atoms with E-state index in [1.807, 2.05) is 11.8 Å². The topological polar surface area (TPSA) is 69.6 Å². The Morgan fingerprint density at radius 2 is 1.78 bits per heavy atom. The predicted molar refractivity (Wildman–Crippen MR) is 73.8 cm³/mol. The van der Waals surface area contributed by atoms with Crippen LogP contribution in [-0.4, -0.2) is 55.1 Å². The molecule has 0 aromatic rings. The van der Waals surface area contributed by atoms with Crippen molar-refractivity contribution in [2.45, 2.75) is 31.7 Å². The van der Waals surface area contributed by atoms with Gasteiger partial charge in [0, 0.05) is 25.7 Å². The maximum atomic E-state index is 12.2. The van der Waals surface area contributed by atoms with Gasteiger partial charge in [-0.3, -0.25) is 0 Å². The molecule has 0 spiro atoms. The zero-order valence-electron chi connectivity index (χ0n) is 10.5. The van der Waals surface area contributed by atoms with Crippen LogP contribution in [-0.2, 0) is 10.2 Å². The lowest BCUT2D eigenvalue weighted by Crippen LogP contribution is -2.49. The van der Waals surface area contributed by atoms with Gasteiger partial charge in [0.15, 0.2) is 0 Å². The van der Waals surface area contributed by atoms with Crippen molar-refractivity contribution in [2.24, 2.45) is 5.92 Å². The van der Waals surface area contributed by atoms with E-state index in [1.54, 1.807) is 0 Å². The molecule has 0 amide bonds. The molecule has 7 heteroatoms. The van der Waals surface area contributed by atoms with Gasteiger partial charge in [-0.2, -0.15) is 29.2 Å². The molecule has 2 fully saturated rings. The Morgan fingerprint density at radius 3 is 2.33 bits per heavy atom. The molecule has 2 aliphatic heterocycles. The fourth-order valence-corrected chi connectivity index (χ4v) is 5.04. The lowest BCUT2D eigenvalue weighted by atomic mass is 10.00. The normalized spacial score (nSPS) is 25.4. The van der Waals surface area contributed by atoms with E-state index in [1.165, 1.54) is 4.31 Å². The molecule has 5 nitrogen and oxygen atoms in total. The maximum Gasteiger partial charge on any atom is 0.279 e. The number of nitrogens with zero attached hydrogens (tertiary/aromatic N) is 1. The SMILES string of the molecule is O=S(=O)(NC1CCSCC1)N1CCC(CO)CC1. The van der Waals surface area contributed by atoms with Crippen LogP contribution in [0.15, 0.2) is 0 Å². The van der Waals surface area contributed by atoms with Gasteiger partial charge in [-0.05, 0) is 43.1 Å². The van der Waals surface area contributed by atoms with Gasteiger partial charge in [-0.25, -0.2) is 0 Å². The summed E-state index contributed by atoms with van der Waals surface area (Å²) in [5, 5.41) is 9.06. The number of rotatable bonds is 4. The summed E-state index contributed by atoms with van der Waals surface area (Å²) >= 11 is 1.89. The van der Waals surface area contributed by atoms with Crippen LogP contribution in [0.5, 0.6) is 0 Å². The Labute approximate surface area is 114 Å². The van der Waals surface area contributed by atoms with Crippen molar-refractivity contribution >= 4 is 22.0 Å². The van der Waals surface area contributed by atoms with Crippen molar-refractivity contribution in [1.29, 1.82) is 0 Å². The fraction of sp³-hybridized carbons (Fsp3) is 1.00. The molecule has 0 atom stereocenters. The summed E-state index contributed by atoms with van der Waals surface area (Å²) in [5.74, 6) is 2.35. The molecule has 2 N–H and O–H groups in total. The highest BCUT2D eigenvalue weighted by Crippen LogP contribution is 2.21. The van der Waals surface area contributed by atoms with Crippen molar-refractivity contribution in [3.05, 3.63) is 0 Å². The van der Waals surface area contributed by atoms with Crippen LogP contribution in [0.3, 0.4) is 0 Å². The molecule has 0 saturated carbocycles. The molecule has 2 aliphatic rings. The van der Waals surface area contributed by atoms with Gasteiger partial charge < -0.3 is 5.11 Å². The van der Waals surface area contributed by atoms with E-state index in [4.69, 9.17) is 5.11 Å². The number of piperidine rings is 1. The van der Waals surface area contributed by atoms with Crippen molar-refractivity contribution in [3.63, 3.8) is 0 Å². The first-order valence-electron chi connectivity index (χ1n) is 6.58. The summed E-state index contributed by atoms with van der Waals surface area (Å²) in [4.78, 5) is 0. The summed E-state index contributed by atoms with van der Waals surface area (Å²) in [7, 11) is -3.32. The van der Waals surface area contributed by atoms with Crippen LogP contribution >= 0.6 is 11.8 Å². The zero-order valence-corrected chi connectivity index (χ0v) is 12.2. The molecular formula is C11H22N2O3S2. The standard InChI is InChI=1S/C11H22N2O3S2/c14-9-10-1-5-13(6-2-10)18(15,16)12-11-3-7-17-8-4-11/h10-12,14H,1-9H2. The van der Waals surface area contributed by atoms with E-state index in [0.29, 0.717) is 13.1 Å². The highest BCUT2D eigenvalue weighted by atomic mass is 32.2. The average Bonchev–Trinajstić information content (AvgIpc) is 2.39. The first kappa shape index (κ1) is 14.6. The smallest absolute Gasteiger partial charge is 0.279 e. The minimum atomic E-state index is -3.32. The van der Waals surface area contributed by atoms with Crippen molar-refractivity contribution in [2.75, 3.05) is 31.2 Å². The van der Waals surface area contributed by atoms with Crippen molar-refractivity contribution < 1.29 is 13.5 Å². The molecule has 2 rings (SSSR count). The second-order valence-electron chi connectivity index (χ2n) is 5.03. The molecule has 2 saturated heterocycles. The van der Waals surface area contributed by atoms with Gasteiger partial charge in [0.05, 0.1) is 0 Å². The van der Waals surface area contributed by atoms with E-state index >= 15 is 0 Å². The van der Waals surface area contributed by atoms with Gasteiger partial charge in [0.2, 0.25) is 0 Å². The van der Waals surface area contributed by atoms with E-state index in [0.717, 1.165) is 37.2 Å². The second-order valence-corrected chi connectivity index (χ2v) is 7.96. The monoisotopic (exact) mass is 294 g/mol. The molecule has 0 aromatic carbocycles. The molecule has 0 unspecified atom stereocenters. The first-order valence-corrected chi connectivity index (χ1v) is 9.17. The number of aliphatic hydroxyl groups is 1. The van der Waals surface area contributed by atoms with Crippen LogP contribution in [0, 0.1) is 5.92 Å². The van der Waals surface area contributed by atoms with Crippen molar-refractivity contribution in [3.8, 4) is 0 Å². The summed E-state index contributed by atoms with van der Waals surface area (Å²) < 4.78 is 28.7. The first-order chi connectivity index (χ1) is 8.62. The molecule has 0 aliphatic carbocycles. The minimum Gasteiger partial charge on any atom is -0.396 e. The Bertz CT molecular complexity index is 347. The van der Waals surface area contributed by atoms with Crippen LogP contribution in [0.1, 0.15) is 25.7 Å². The lowest BCUT2D eigenvalue weighted by molar-refractivity contribution is 0.169. The summed E-state index contributed by atoms with van der Waals surface area (Å²) in [6.45, 7) is 1.23. The van der Waals surface area contributed by atoms with Gasteiger partial charge in [-0.1, -0.05) is 0 Å². The highest BCUT2D eigenvalue weighted by molar-refractivity contribution is 7.99. The van der Waals surface area contributed by atoms with Gasteiger partial charge in [0.25, 0.3) is 10.2 Å². The number of hydrogen-bond donors (Lipinski definition) is 2. The lowest BCUT2D eigenvalue weighted by Gasteiger charge is -2.32. The van der Waals surface area contributed by atoms with Crippen LogP contribution in [0.4, 0.5) is 0 Å². The van der Waals surface area contributed by atoms with Crippen LogP contribution in [0.25, 0.3) is 0 Å². The summed E-state index contributed by atoms with van der Waals surface area (Å²) in [5.41, 5.74) is 0. The average molecular weight is 294 g/mol. The fourth-order valence-electron chi connectivity index (χ4n) is 2.43. The molecular weight excluding hydrogens is 272 g/mol. The van der Waals surface area contributed by atoms with Crippen molar-refractivity contribution in [1.82, 2.24) is 9.03 Å². The maximum absolute atomic E-state index is 12.2. The minimum absolute atomic E-state index is 0.104. The Kier molecular flexibility index (Phi) is 5.32. The second kappa shape index (κ2) is 6.56. The number of nitrogens with one attached hydrogen (secondary N) is 1. The third kappa shape index (κ3) is 3.84. The van der Waals surface area contributed by atoms with E-state index in [2.05, 4.69) is 4.72 Å². The van der Waals surface area contributed by atoms with Crippen LogP contribution < -0.4 is 4.72 Å². The number of hydrogen-bond acceptors (Lipinski definition) is 4. The number of aliphatic hydroxyl groups excluding tert-OH is 1. The third-order valence-corrected chi connectivity index (χ3v) is 6.43. The molecule has 0 radical (unpaired) electrons. The molecule has 0 bridgehead atoms. The summed E-state index contributed by atoms with van der Waals surface area (Å²) in [6.07, 6.45) is 3.38. The molecule has 0 aromatic heterocycles. The van der Waals surface area contributed by atoms with Crippen LogP contribution in [0.2, 0.25) is 0 Å². The predicted octanol–water partition coefficient (Wildman–Crippen LogP) is 0.421. The highest BCUT2D eigenvalue weighted by Gasteiger charge is 2.29. The molecule has 106 valence electrons. The zero-order chi connectivity index (χ0) is 13.0. The van der Waals surface area contributed by atoms with Gasteiger partial charge >= 0.3 is 0 Å². The largest absolute Gasteiger partial charge is 0.396 e. The molecule has 18 heavy (non-hydrogen) atoms. The Balaban J connectivity index is 1.86. The third-order valence-electron chi connectivity index (χ3n) is 3.71. The van der Waals surface area contributed by atoms with Gasteiger partial charge in [0.1, 0.15) is 0 Å². The van der Waals surface area contributed by atoms with Gasteiger partial charge in [-0.15, -0.1) is 0 Å².